The number of oxazole rings is 1. The van der Waals surface area contributed by atoms with E-state index in [2.05, 4.69) is 23.5 Å². The zero-order chi connectivity index (χ0) is 17.2. The van der Waals surface area contributed by atoms with E-state index in [1.807, 2.05) is 34.9 Å². The minimum Gasteiger partial charge on any atom is -0.429 e. The summed E-state index contributed by atoms with van der Waals surface area (Å²) in [5.74, 6) is 0.0499. The first-order valence-corrected chi connectivity index (χ1v) is 9.09. The molecule has 4 rings (SSSR count). The smallest absolute Gasteiger partial charge is 0.269 e. The largest absolute Gasteiger partial charge is 0.429 e. The van der Waals surface area contributed by atoms with Crippen LogP contribution in [0.25, 0.3) is 11.1 Å². The van der Waals surface area contributed by atoms with Gasteiger partial charge in [-0.2, -0.15) is 0 Å². The molecule has 2 aromatic carbocycles. The van der Waals surface area contributed by atoms with Crippen molar-refractivity contribution in [3.8, 4) is 0 Å². The van der Waals surface area contributed by atoms with Crippen molar-refractivity contribution < 1.29 is 9.21 Å². The van der Waals surface area contributed by atoms with E-state index in [-0.39, 0.29) is 11.9 Å². The molecule has 0 fully saturated rings. The molecule has 3 aromatic rings. The van der Waals surface area contributed by atoms with Crippen molar-refractivity contribution in [3.05, 3.63) is 64.5 Å². The number of hydrogen-bond acceptors (Lipinski definition) is 3. The lowest BCUT2D eigenvalue weighted by molar-refractivity contribution is -0.122. The lowest BCUT2D eigenvalue weighted by atomic mass is 9.88. The van der Waals surface area contributed by atoms with Crippen molar-refractivity contribution in [1.82, 2.24) is 9.88 Å². The Morgan fingerprint density at radius 2 is 2.00 bits per heavy atom. The monoisotopic (exact) mass is 352 g/mol. The zero-order valence-corrected chi connectivity index (χ0v) is 14.7. The molecule has 0 saturated carbocycles. The van der Waals surface area contributed by atoms with Gasteiger partial charge in [0.25, 0.3) is 4.84 Å². The van der Waals surface area contributed by atoms with Crippen LogP contribution in [0.3, 0.4) is 0 Å². The molecule has 1 aliphatic carbocycles. The van der Waals surface area contributed by atoms with Crippen LogP contribution in [0.1, 0.15) is 36.4 Å². The van der Waals surface area contributed by atoms with E-state index in [1.165, 1.54) is 11.1 Å². The number of carbonyl (C=O) groups excluding carboxylic acids is 1. The van der Waals surface area contributed by atoms with Gasteiger partial charge in [-0.05, 0) is 54.7 Å². The highest BCUT2D eigenvalue weighted by Crippen LogP contribution is 2.29. The molecule has 128 valence electrons. The molecule has 1 aromatic heterocycles. The number of benzene rings is 2. The number of hydrogen-bond donors (Lipinski definition) is 1. The molecule has 1 amide bonds. The Labute approximate surface area is 151 Å². The summed E-state index contributed by atoms with van der Waals surface area (Å²) in [6.07, 6.45) is 3.59. The summed E-state index contributed by atoms with van der Waals surface area (Å²) < 4.78 is 7.46. The average molecular weight is 352 g/mol. The third-order valence-corrected chi connectivity index (χ3v) is 5.14. The summed E-state index contributed by atoms with van der Waals surface area (Å²) in [7, 11) is 0. The summed E-state index contributed by atoms with van der Waals surface area (Å²) in [5, 5.41) is 3.19. The molecule has 1 unspecified atom stereocenters. The van der Waals surface area contributed by atoms with Gasteiger partial charge in [-0.25, -0.2) is 0 Å². The van der Waals surface area contributed by atoms with Crippen LogP contribution in [0.2, 0.25) is 0 Å². The van der Waals surface area contributed by atoms with Gasteiger partial charge in [0.2, 0.25) is 5.91 Å². The Bertz CT molecular complexity index is 973. The van der Waals surface area contributed by atoms with Crippen molar-refractivity contribution in [2.75, 3.05) is 0 Å². The SMILES string of the molecule is O=C(CCn1c(=S)oc2ccccc21)NC1CCCc2ccccc21. The zero-order valence-electron chi connectivity index (χ0n) is 13.9. The third kappa shape index (κ3) is 3.24. The number of para-hydroxylation sites is 2. The standard InChI is InChI=1S/C20H20N2O2S/c23-19(21-16-9-5-7-14-6-1-2-8-15(14)16)12-13-22-17-10-3-4-11-18(17)24-20(22)25/h1-4,6,8,10-11,16H,5,7,9,12-13H2,(H,21,23). The van der Waals surface area contributed by atoms with E-state index < -0.39 is 0 Å². The van der Waals surface area contributed by atoms with Crippen molar-refractivity contribution in [3.63, 3.8) is 0 Å². The van der Waals surface area contributed by atoms with Crippen molar-refractivity contribution in [2.24, 2.45) is 0 Å². The van der Waals surface area contributed by atoms with Gasteiger partial charge in [-0.1, -0.05) is 36.4 Å². The van der Waals surface area contributed by atoms with Gasteiger partial charge in [0.15, 0.2) is 5.58 Å². The summed E-state index contributed by atoms with van der Waals surface area (Å²) >= 11 is 5.28. The summed E-state index contributed by atoms with van der Waals surface area (Å²) in [5.41, 5.74) is 4.30. The van der Waals surface area contributed by atoms with Gasteiger partial charge >= 0.3 is 0 Å². The molecule has 4 nitrogen and oxygen atoms in total. The topological polar surface area (TPSA) is 47.2 Å². The van der Waals surface area contributed by atoms with Gasteiger partial charge in [-0.3, -0.25) is 9.36 Å². The molecule has 1 aliphatic rings. The molecular formula is C20H20N2O2S. The lowest BCUT2D eigenvalue weighted by Gasteiger charge is -2.26. The molecule has 1 heterocycles. The summed E-state index contributed by atoms with van der Waals surface area (Å²) in [4.78, 5) is 12.9. The molecule has 0 radical (unpaired) electrons. The minimum absolute atomic E-state index is 0.0499. The van der Waals surface area contributed by atoms with Gasteiger partial charge in [-0.15, -0.1) is 0 Å². The van der Waals surface area contributed by atoms with Crippen molar-refractivity contribution in [2.45, 2.75) is 38.3 Å². The first-order valence-electron chi connectivity index (χ1n) is 8.68. The molecule has 0 bridgehead atoms. The average Bonchev–Trinajstić information content (AvgIpc) is 2.95. The number of nitrogens with zero attached hydrogens (tertiary/aromatic N) is 1. The maximum atomic E-state index is 12.5. The fourth-order valence-electron chi connectivity index (χ4n) is 3.61. The van der Waals surface area contributed by atoms with Crippen molar-refractivity contribution in [1.29, 1.82) is 0 Å². The van der Waals surface area contributed by atoms with Crippen LogP contribution in [-0.2, 0) is 17.8 Å². The second-order valence-electron chi connectivity index (χ2n) is 6.45. The molecule has 0 aliphatic heterocycles. The quantitative estimate of drug-likeness (QED) is 0.701. The predicted octanol–water partition coefficient (Wildman–Crippen LogP) is 4.55. The second kappa shape index (κ2) is 6.84. The van der Waals surface area contributed by atoms with Crippen molar-refractivity contribution >= 4 is 29.2 Å². The Kier molecular flexibility index (Phi) is 4.40. The lowest BCUT2D eigenvalue weighted by Crippen LogP contribution is -2.31. The van der Waals surface area contributed by atoms with E-state index >= 15 is 0 Å². The molecule has 1 atom stereocenters. The third-order valence-electron chi connectivity index (χ3n) is 4.84. The Hall–Kier alpha value is -2.40. The van der Waals surface area contributed by atoms with Crippen LogP contribution in [0.5, 0.6) is 0 Å². The van der Waals surface area contributed by atoms with E-state index in [4.69, 9.17) is 16.6 Å². The Balaban J connectivity index is 1.45. The first kappa shape index (κ1) is 16.1. The number of aromatic nitrogens is 1. The van der Waals surface area contributed by atoms with E-state index in [0.29, 0.717) is 17.8 Å². The minimum atomic E-state index is 0.0499. The van der Waals surface area contributed by atoms with Crippen LogP contribution in [0.4, 0.5) is 0 Å². The number of aryl methyl sites for hydroxylation is 2. The number of nitrogens with one attached hydrogen (secondary N) is 1. The van der Waals surface area contributed by atoms with Crippen LogP contribution in [-0.4, -0.2) is 10.5 Å². The fourth-order valence-corrected chi connectivity index (χ4v) is 3.89. The Morgan fingerprint density at radius 3 is 2.92 bits per heavy atom. The first-order chi connectivity index (χ1) is 12.2. The molecule has 0 spiro atoms. The van der Waals surface area contributed by atoms with Crippen LogP contribution in [0, 0.1) is 4.84 Å². The predicted molar refractivity (Wildman–Crippen MR) is 99.9 cm³/mol. The molecule has 1 N–H and O–H groups in total. The second-order valence-corrected chi connectivity index (χ2v) is 6.80. The van der Waals surface area contributed by atoms with Gasteiger partial charge in [0.05, 0.1) is 11.6 Å². The molecule has 25 heavy (non-hydrogen) atoms. The maximum Gasteiger partial charge on any atom is 0.269 e. The number of amides is 1. The van der Waals surface area contributed by atoms with Gasteiger partial charge < -0.3 is 9.73 Å². The van der Waals surface area contributed by atoms with E-state index in [9.17, 15) is 4.79 Å². The number of rotatable bonds is 4. The molecule has 0 saturated heterocycles. The van der Waals surface area contributed by atoms with Crippen LogP contribution >= 0.6 is 12.2 Å². The highest BCUT2D eigenvalue weighted by Gasteiger charge is 2.21. The van der Waals surface area contributed by atoms with Gasteiger partial charge in [0, 0.05) is 13.0 Å². The summed E-state index contributed by atoms with van der Waals surface area (Å²) in [6, 6.07) is 16.2. The number of fused-ring (bicyclic) bond motifs is 2. The highest BCUT2D eigenvalue weighted by molar-refractivity contribution is 7.71. The maximum absolute atomic E-state index is 12.5. The fraction of sp³-hybridized carbons (Fsp3) is 0.300. The normalized spacial score (nSPS) is 16.6. The Morgan fingerprint density at radius 1 is 1.20 bits per heavy atom. The highest BCUT2D eigenvalue weighted by atomic mass is 32.1. The van der Waals surface area contributed by atoms with Gasteiger partial charge in [0.1, 0.15) is 0 Å². The molecular weight excluding hydrogens is 332 g/mol. The van der Waals surface area contributed by atoms with Crippen LogP contribution in [0.15, 0.2) is 52.9 Å². The van der Waals surface area contributed by atoms with Crippen LogP contribution < -0.4 is 5.32 Å². The van der Waals surface area contributed by atoms with E-state index in [0.717, 1.165) is 30.4 Å². The summed E-state index contributed by atoms with van der Waals surface area (Å²) in [6.45, 7) is 0.524. The van der Waals surface area contributed by atoms with E-state index in [1.54, 1.807) is 0 Å². The number of carbonyl (C=O) groups is 1. The molecule has 5 heteroatoms.